The fourth-order valence-electron chi connectivity index (χ4n) is 3.34. The largest absolute Gasteiger partial charge is 0.507 e. The van der Waals surface area contributed by atoms with Crippen LogP contribution in [0.3, 0.4) is 0 Å². The van der Waals surface area contributed by atoms with Crippen LogP contribution in [0, 0.1) is 6.92 Å². The van der Waals surface area contributed by atoms with Gasteiger partial charge in [0.1, 0.15) is 17.2 Å². The lowest BCUT2D eigenvalue weighted by Crippen LogP contribution is -2.12. The molecule has 2 rings (SSSR count). The number of aryl methyl sites for hydroxylation is 1. The van der Waals surface area contributed by atoms with Crippen LogP contribution in [0.5, 0.6) is 17.2 Å². The van der Waals surface area contributed by atoms with E-state index in [1.807, 2.05) is 45.9 Å². The third kappa shape index (κ3) is 6.33. The fraction of sp³-hybridized carbons (Fsp3) is 0.462. The minimum absolute atomic E-state index is 0.145. The first-order valence-corrected chi connectivity index (χ1v) is 10.6. The van der Waals surface area contributed by atoms with E-state index >= 15 is 0 Å². The Balaban J connectivity index is 2.12. The number of nitrogens with zero attached hydrogens (tertiary/aromatic N) is 2. The minimum atomic E-state index is -0.215. The SMILES string of the molecule is COc1cc(C=NCCN=Cc2cc(C)cc(C(C)(C)C)c2O)c(O)c(C(C)(C)C)c1. The number of aromatic hydroxyl groups is 2. The number of rotatable bonds is 6. The molecule has 0 radical (unpaired) electrons. The van der Waals surface area contributed by atoms with Crippen molar-refractivity contribution in [3.63, 3.8) is 0 Å². The Kier molecular flexibility index (Phi) is 7.53. The van der Waals surface area contributed by atoms with Crippen molar-refractivity contribution in [2.75, 3.05) is 20.2 Å². The third-order valence-electron chi connectivity index (χ3n) is 5.07. The van der Waals surface area contributed by atoms with Gasteiger partial charge in [-0.25, -0.2) is 0 Å². The van der Waals surface area contributed by atoms with Crippen molar-refractivity contribution in [1.29, 1.82) is 0 Å². The number of hydrogen-bond donors (Lipinski definition) is 2. The first kappa shape index (κ1) is 24.4. The summed E-state index contributed by atoms with van der Waals surface area (Å²) in [5.74, 6) is 1.19. The van der Waals surface area contributed by atoms with Crippen molar-refractivity contribution >= 4 is 12.4 Å². The van der Waals surface area contributed by atoms with E-state index in [-0.39, 0.29) is 22.3 Å². The van der Waals surface area contributed by atoms with Crippen LogP contribution in [0.1, 0.15) is 69.4 Å². The molecule has 0 spiro atoms. The van der Waals surface area contributed by atoms with E-state index in [9.17, 15) is 10.2 Å². The van der Waals surface area contributed by atoms with E-state index in [1.165, 1.54) is 0 Å². The molecule has 5 heteroatoms. The highest BCUT2D eigenvalue weighted by Crippen LogP contribution is 2.36. The van der Waals surface area contributed by atoms with Gasteiger partial charge in [0.2, 0.25) is 0 Å². The second-order valence-electron chi connectivity index (χ2n) is 9.93. The zero-order valence-electron chi connectivity index (χ0n) is 20.1. The van der Waals surface area contributed by atoms with Gasteiger partial charge in [-0.15, -0.1) is 0 Å². The standard InChI is InChI=1S/C26H36N2O3/c1-17-11-18(23(29)21(12-17)25(2,3)4)15-27-9-10-28-16-19-13-20(31-8)14-22(24(19)30)26(5,6)7/h11-16,29-30H,9-10H2,1-8H3. The highest BCUT2D eigenvalue weighted by Gasteiger charge is 2.21. The van der Waals surface area contributed by atoms with Gasteiger partial charge in [-0.05, 0) is 41.5 Å². The van der Waals surface area contributed by atoms with E-state index in [0.717, 1.165) is 16.7 Å². The predicted molar refractivity (Wildman–Crippen MR) is 130 cm³/mol. The molecule has 0 aliphatic heterocycles. The van der Waals surface area contributed by atoms with Crippen LogP contribution in [-0.4, -0.2) is 42.8 Å². The maximum Gasteiger partial charge on any atom is 0.128 e. The van der Waals surface area contributed by atoms with Crippen molar-refractivity contribution in [1.82, 2.24) is 0 Å². The maximum absolute atomic E-state index is 10.6. The molecule has 0 saturated heterocycles. The molecular weight excluding hydrogens is 388 g/mol. The van der Waals surface area contributed by atoms with Gasteiger partial charge in [-0.2, -0.15) is 0 Å². The Morgan fingerprint density at radius 1 is 0.774 bits per heavy atom. The number of phenols is 2. The third-order valence-corrected chi connectivity index (χ3v) is 5.07. The Hall–Kier alpha value is -2.82. The van der Waals surface area contributed by atoms with Crippen molar-refractivity contribution in [3.8, 4) is 17.2 Å². The molecule has 0 aromatic heterocycles. The van der Waals surface area contributed by atoms with E-state index < -0.39 is 0 Å². The minimum Gasteiger partial charge on any atom is -0.507 e. The number of ether oxygens (including phenoxy) is 1. The zero-order chi connectivity index (χ0) is 23.4. The van der Waals surface area contributed by atoms with Gasteiger partial charge in [-0.1, -0.05) is 47.6 Å². The number of phenolic OH excluding ortho intramolecular Hbond substituents is 2. The van der Waals surface area contributed by atoms with E-state index in [4.69, 9.17) is 4.74 Å². The molecule has 0 amide bonds. The quantitative estimate of drug-likeness (QED) is 0.472. The first-order chi connectivity index (χ1) is 14.3. The predicted octanol–water partition coefficient (Wildman–Crippen LogP) is 5.55. The normalized spacial score (nSPS) is 12.8. The highest BCUT2D eigenvalue weighted by molar-refractivity contribution is 5.86. The first-order valence-electron chi connectivity index (χ1n) is 10.6. The molecule has 0 aliphatic rings. The van der Waals surface area contributed by atoms with Crippen LogP contribution >= 0.6 is 0 Å². The zero-order valence-corrected chi connectivity index (χ0v) is 20.1. The molecule has 2 aromatic carbocycles. The molecule has 168 valence electrons. The summed E-state index contributed by atoms with van der Waals surface area (Å²) in [4.78, 5) is 8.84. The summed E-state index contributed by atoms with van der Waals surface area (Å²) in [7, 11) is 1.61. The van der Waals surface area contributed by atoms with Crippen LogP contribution < -0.4 is 4.74 Å². The van der Waals surface area contributed by atoms with Gasteiger partial charge in [0.25, 0.3) is 0 Å². The lowest BCUT2D eigenvalue weighted by atomic mass is 9.84. The Morgan fingerprint density at radius 3 is 1.68 bits per heavy atom. The van der Waals surface area contributed by atoms with Gasteiger partial charge in [0, 0.05) is 34.7 Å². The van der Waals surface area contributed by atoms with Gasteiger partial charge >= 0.3 is 0 Å². The van der Waals surface area contributed by atoms with Crippen LogP contribution in [0.2, 0.25) is 0 Å². The summed E-state index contributed by atoms with van der Waals surface area (Å²) in [6.45, 7) is 15.3. The second kappa shape index (κ2) is 9.54. The molecule has 0 unspecified atom stereocenters. The summed E-state index contributed by atoms with van der Waals surface area (Å²) >= 11 is 0. The Morgan fingerprint density at radius 2 is 1.23 bits per heavy atom. The second-order valence-corrected chi connectivity index (χ2v) is 9.93. The topological polar surface area (TPSA) is 74.4 Å². The number of methoxy groups -OCH3 is 1. The Labute approximate surface area is 186 Å². The van der Waals surface area contributed by atoms with Gasteiger partial charge in [-0.3, -0.25) is 9.98 Å². The highest BCUT2D eigenvalue weighted by atomic mass is 16.5. The van der Waals surface area contributed by atoms with Gasteiger partial charge in [0.15, 0.2) is 0 Å². The Bertz CT molecular complexity index is 978. The van der Waals surface area contributed by atoms with E-state index in [1.54, 1.807) is 25.6 Å². The average molecular weight is 425 g/mol. The molecule has 5 nitrogen and oxygen atoms in total. The monoisotopic (exact) mass is 424 g/mol. The number of aliphatic imine (C=N–C) groups is 2. The van der Waals surface area contributed by atoms with Crippen LogP contribution in [0.25, 0.3) is 0 Å². The molecular formula is C26H36N2O3. The van der Waals surface area contributed by atoms with Gasteiger partial charge in [0.05, 0.1) is 20.2 Å². The molecule has 0 atom stereocenters. The number of benzene rings is 2. The molecule has 0 fully saturated rings. The molecule has 0 saturated carbocycles. The smallest absolute Gasteiger partial charge is 0.128 e. The summed E-state index contributed by atoms with van der Waals surface area (Å²) in [6, 6.07) is 7.58. The molecule has 0 heterocycles. The summed E-state index contributed by atoms with van der Waals surface area (Å²) in [5, 5.41) is 21.3. The molecule has 2 N–H and O–H groups in total. The summed E-state index contributed by atoms with van der Waals surface area (Å²) < 4.78 is 5.37. The number of hydrogen-bond acceptors (Lipinski definition) is 5. The van der Waals surface area contributed by atoms with Crippen molar-refractivity contribution in [2.45, 2.75) is 59.3 Å². The molecule has 2 aromatic rings. The molecule has 0 aliphatic carbocycles. The van der Waals surface area contributed by atoms with Crippen molar-refractivity contribution in [3.05, 3.63) is 52.1 Å². The summed E-state index contributed by atoms with van der Waals surface area (Å²) in [5.41, 5.74) is 3.80. The molecule has 31 heavy (non-hydrogen) atoms. The van der Waals surface area contributed by atoms with Crippen molar-refractivity contribution < 1.29 is 14.9 Å². The lowest BCUT2D eigenvalue weighted by Gasteiger charge is -2.22. The van der Waals surface area contributed by atoms with Gasteiger partial charge < -0.3 is 14.9 Å². The lowest BCUT2D eigenvalue weighted by molar-refractivity contribution is 0.405. The average Bonchev–Trinajstić information content (AvgIpc) is 2.66. The maximum atomic E-state index is 10.6. The fourth-order valence-corrected chi connectivity index (χ4v) is 3.34. The van der Waals surface area contributed by atoms with E-state index in [0.29, 0.717) is 30.0 Å². The van der Waals surface area contributed by atoms with Crippen LogP contribution in [-0.2, 0) is 10.8 Å². The van der Waals surface area contributed by atoms with E-state index in [2.05, 4.69) is 30.8 Å². The summed E-state index contributed by atoms with van der Waals surface area (Å²) in [6.07, 6.45) is 3.36. The molecule has 0 bridgehead atoms. The van der Waals surface area contributed by atoms with Crippen LogP contribution in [0.15, 0.2) is 34.3 Å². The van der Waals surface area contributed by atoms with Crippen molar-refractivity contribution in [2.24, 2.45) is 9.98 Å². The van der Waals surface area contributed by atoms with Crippen LogP contribution in [0.4, 0.5) is 0 Å².